The Morgan fingerprint density at radius 2 is 1.77 bits per heavy atom. The fourth-order valence-electron chi connectivity index (χ4n) is 4.23. The number of ether oxygens (including phenoxy) is 1. The highest BCUT2D eigenvalue weighted by Crippen LogP contribution is 2.44. The molecule has 4 aromatic rings. The number of benzene rings is 2. The number of hydrogen-bond acceptors (Lipinski definition) is 5. The second-order valence-electron chi connectivity index (χ2n) is 7.87. The molecule has 3 heterocycles. The van der Waals surface area contributed by atoms with Crippen molar-refractivity contribution in [2.75, 3.05) is 0 Å². The number of aryl methyl sites for hydroxylation is 2. The molecule has 5 heteroatoms. The SMILES string of the molecule is CCCCc1cc(=O)oc2c1c1c(c3oc(C)cc(=O)c32)C=CC(c2ccccc2)O1. The van der Waals surface area contributed by atoms with Crippen molar-refractivity contribution in [2.24, 2.45) is 0 Å². The molecule has 0 saturated carbocycles. The van der Waals surface area contributed by atoms with Gasteiger partial charge in [0, 0.05) is 12.1 Å². The first-order valence-electron chi connectivity index (χ1n) is 10.5. The van der Waals surface area contributed by atoms with E-state index in [9.17, 15) is 9.59 Å². The third kappa shape index (κ3) is 3.26. The third-order valence-corrected chi connectivity index (χ3v) is 5.67. The van der Waals surface area contributed by atoms with E-state index >= 15 is 0 Å². The molecule has 0 spiro atoms. The lowest BCUT2D eigenvalue weighted by atomic mass is 9.95. The molecule has 0 fully saturated rings. The normalized spacial score (nSPS) is 15.2. The Bertz CT molecular complexity index is 1440. The molecular formula is C26H22O5. The number of rotatable bonds is 4. The second-order valence-corrected chi connectivity index (χ2v) is 7.87. The average molecular weight is 414 g/mol. The van der Waals surface area contributed by atoms with Gasteiger partial charge in [-0.3, -0.25) is 4.79 Å². The monoisotopic (exact) mass is 414 g/mol. The summed E-state index contributed by atoms with van der Waals surface area (Å²) in [6, 6.07) is 12.8. The smallest absolute Gasteiger partial charge is 0.336 e. The number of hydrogen-bond donors (Lipinski definition) is 0. The van der Waals surface area contributed by atoms with Crippen LogP contribution < -0.4 is 15.8 Å². The van der Waals surface area contributed by atoms with Crippen LogP contribution in [0.15, 0.2) is 67.0 Å². The minimum absolute atomic E-state index is 0.235. The Morgan fingerprint density at radius 1 is 0.968 bits per heavy atom. The summed E-state index contributed by atoms with van der Waals surface area (Å²) in [5.41, 5.74) is 2.44. The Balaban J connectivity index is 1.88. The molecule has 1 unspecified atom stereocenters. The summed E-state index contributed by atoms with van der Waals surface area (Å²) < 4.78 is 18.0. The van der Waals surface area contributed by atoms with Crippen LogP contribution >= 0.6 is 0 Å². The van der Waals surface area contributed by atoms with E-state index in [1.165, 1.54) is 12.1 Å². The lowest BCUT2D eigenvalue weighted by Gasteiger charge is -2.24. The number of unbranched alkanes of at least 4 members (excludes halogenated alkanes) is 1. The van der Waals surface area contributed by atoms with Crippen molar-refractivity contribution in [3.05, 3.63) is 91.6 Å². The van der Waals surface area contributed by atoms with Gasteiger partial charge < -0.3 is 13.6 Å². The lowest BCUT2D eigenvalue weighted by Crippen LogP contribution is -2.13. The summed E-state index contributed by atoms with van der Waals surface area (Å²) in [6.45, 7) is 3.83. The Hall–Kier alpha value is -3.60. The Morgan fingerprint density at radius 3 is 2.55 bits per heavy atom. The van der Waals surface area contributed by atoms with E-state index in [1.54, 1.807) is 6.92 Å². The fourth-order valence-corrected chi connectivity index (χ4v) is 4.23. The standard InChI is InChI=1S/C26H22O5/c1-3-4-8-17-14-21(28)31-26-22(17)24-18(25-23(26)19(27)13-15(2)29-25)11-12-20(30-24)16-9-6-5-7-10-16/h5-7,9-14,20H,3-4,8H2,1-2H3. The maximum Gasteiger partial charge on any atom is 0.336 e. The second kappa shape index (κ2) is 7.58. The lowest BCUT2D eigenvalue weighted by molar-refractivity contribution is 0.254. The quantitative estimate of drug-likeness (QED) is 0.317. The Labute approximate surface area is 178 Å². The van der Waals surface area contributed by atoms with E-state index in [-0.39, 0.29) is 22.5 Å². The first-order chi connectivity index (χ1) is 15.1. The molecule has 2 aromatic carbocycles. The van der Waals surface area contributed by atoms with Gasteiger partial charge in [0.05, 0.1) is 10.9 Å². The van der Waals surface area contributed by atoms with E-state index in [0.717, 1.165) is 24.0 Å². The first-order valence-corrected chi connectivity index (χ1v) is 10.5. The predicted molar refractivity (Wildman–Crippen MR) is 121 cm³/mol. The van der Waals surface area contributed by atoms with Gasteiger partial charge >= 0.3 is 5.63 Å². The minimum Gasteiger partial charge on any atom is -0.480 e. The highest BCUT2D eigenvalue weighted by molar-refractivity contribution is 6.10. The molecule has 1 aliphatic heterocycles. The van der Waals surface area contributed by atoms with Crippen LogP contribution in [0.25, 0.3) is 28.0 Å². The molecule has 156 valence electrons. The molecule has 1 aliphatic rings. The maximum atomic E-state index is 12.9. The zero-order chi connectivity index (χ0) is 21.5. The van der Waals surface area contributed by atoms with Crippen molar-refractivity contribution in [3.8, 4) is 5.75 Å². The molecule has 1 atom stereocenters. The molecule has 0 aliphatic carbocycles. The fraction of sp³-hybridized carbons (Fsp3) is 0.231. The van der Waals surface area contributed by atoms with E-state index in [4.69, 9.17) is 13.6 Å². The van der Waals surface area contributed by atoms with Crippen LogP contribution in [-0.2, 0) is 6.42 Å². The van der Waals surface area contributed by atoms with Gasteiger partial charge in [0.1, 0.15) is 23.0 Å². The first kappa shape index (κ1) is 19.4. The summed E-state index contributed by atoms with van der Waals surface area (Å²) in [6.07, 6.45) is 6.18. The summed E-state index contributed by atoms with van der Waals surface area (Å²) in [5, 5.41) is 0.957. The Kier molecular flexibility index (Phi) is 4.74. The van der Waals surface area contributed by atoms with Gasteiger partial charge in [-0.1, -0.05) is 43.7 Å². The zero-order valence-electron chi connectivity index (χ0n) is 17.4. The third-order valence-electron chi connectivity index (χ3n) is 5.67. The largest absolute Gasteiger partial charge is 0.480 e. The molecule has 0 bridgehead atoms. The van der Waals surface area contributed by atoms with Crippen LogP contribution in [0.1, 0.15) is 48.3 Å². The van der Waals surface area contributed by atoms with E-state index in [2.05, 4.69) is 6.92 Å². The summed E-state index contributed by atoms with van der Waals surface area (Å²) >= 11 is 0. The van der Waals surface area contributed by atoms with Crippen LogP contribution in [0.4, 0.5) is 0 Å². The molecule has 5 rings (SSSR count). The van der Waals surface area contributed by atoms with Crippen LogP contribution in [0.5, 0.6) is 5.75 Å². The molecule has 0 amide bonds. The number of fused-ring (bicyclic) bond motifs is 6. The zero-order valence-corrected chi connectivity index (χ0v) is 17.4. The van der Waals surface area contributed by atoms with Crippen molar-refractivity contribution >= 4 is 28.0 Å². The molecule has 5 nitrogen and oxygen atoms in total. The van der Waals surface area contributed by atoms with Gasteiger partial charge in [-0.25, -0.2) is 4.79 Å². The van der Waals surface area contributed by atoms with E-state index < -0.39 is 5.63 Å². The van der Waals surface area contributed by atoms with Crippen LogP contribution in [0.2, 0.25) is 0 Å². The molecule has 0 radical (unpaired) electrons. The maximum absolute atomic E-state index is 12.9. The van der Waals surface area contributed by atoms with E-state index in [0.29, 0.717) is 34.5 Å². The van der Waals surface area contributed by atoms with Gasteiger partial charge in [0.25, 0.3) is 0 Å². The highest BCUT2D eigenvalue weighted by atomic mass is 16.5. The van der Waals surface area contributed by atoms with Crippen LogP contribution in [0.3, 0.4) is 0 Å². The van der Waals surface area contributed by atoms with Crippen LogP contribution in [-0.4, -0.2) is 0 Å². The molecule has 0 saturated heterocycles. The average Bonchev–Trinajstić information content (AvgIpc) is 2.77. The minimum atomic E-state index is -0.481. The van der Waals surface area contributed by atoms with E-state index in [1.807, 2.05) is 42.5 Å². The van der Waals surface area contributed by atoms with Crippen molar-refractivity contribution in [1.82, 2.24) is 0 Å². The predicted octanol–water partition coefficient (Wildman–Crippen LogP) is 5.70. The topological polar surface area (TPSA) is 69.7 Å². The van der Waals surface area contributed by atoms with Crippen molar-refractivity contribution in [1.29, 1.82) is 0 Å². The van der Waals surface area contributed by atoms with Crippen molar-refractivity contribution < 1.29 is 13.6 Å². The molecular weight excluding hydrogens is 392 g/mol. The summed E-state index contributed by atoms with van der Waals surface area (Å²) in [5.74, 6) is 1.07. The molecule has 0 N–H and O–H groups in total. The summed E-state index contributed by atoms with van der Waals surface area (Å²) in [7, 11) is 0. The van der Waals surface area contributed by atoms with Crippen molar-refractivity contribution in [2.45, 2.75) is 39.2 Å². The molecule has 31 heavy (non-hydrogen) atoms. The molecule has 2 aromatic heterocycles. The van der Waals surface area contributed by atoms with Gasteiger partial charge in [-0.15, -0.1) is 0 Å². The van der Waals surface area contributed by atoms with Gasteiger partial charge in [-0.2, -0.15) is 0 Å². The van der Waals surface area contributed by atoms with Crippen molar-refractivity contribution in [3.63, 3.8) is 0 Å². The summed E-state index contributed by atoms with van der Waals surface area (Å²) in [4.78, 5) is 25.3. The van der Waals surface area contributed by atoms with Gasteiger partial charge in [0.2, 0.25) is 0 Å². The van der Waals surface area contributed by atoms with Crippen LogP contribution in [0, 0.1) is 6.92 Å². The highest BCUT2D eigenvalue weighted by Gasteiger charge is 2.27. The van der Waals surface area contributed by atoms with Gasteiger partial charge in [-0.05, 0) is 43.0 Å². The van der Waals surface area contributed by atoms with Gasteiger partial charge in [0.15, 0.2) is 16.6 Å².